The predicted octanol–water partition coefficient (Wildman–Crippen LogP) is 3.45. The highest BCUT2D eigenvalue weighted by Crippen LogP contribution is 2.34. The van der Waals surface area contributed by atoms with Crippen LogP contribution in [0.2, 0.25) is 0 Å². The Hall–Kier alpha value is -5.64. The van der Waals surface area contributed by atoms with Crippen LogP contribution in [0.5, 0.6) is 11.5 Å². The van der Waals surface area contributed by atoms with Crippen LogP contribution < -0.4 is 15.5 Å². The van der Waals surface area contributed by atoms with Gasteiger partial charge in [0.25, 0.3) is 5.69 Å². The minimum Gasteiger partial charge on any atom is -0.450 e. The smallest absolute Gasteiger partial charge is 0.329 e. The monoisotopic (exact) mass is 488 g/mol. The zero-order chi connectivity index (χ0) is 26.1. The maximum atomic E-state index is 12.0. The first-order valence-electron chi connectivity index (χ1n) is 10.1. The van der Waals surface area contributed by atoms with E-state index >= 15 is 0 Å². The fourth-order valence-electron chi connectivity index (χ4n) is 2.83. The van der Waals surface area contributed by atoms with E-state index < -0.39 is 33.0 Å². The predicted molar refractivity (Wildman–Crippen MR) is 126 cm³/mol. The molecule has 0 aliphatic heterocycles. The summed E-state index contributed by atoms with van der Waals surface area (Å²) in [7, 11) is 0. The Labute approximate surface area is 202 Å². The number of benzene rings is 3. The van der Waals surface area contributed by atoms with Crippen molar-refractivity contribution in [3.05, 3.63) is 98.1 Å². The van der Waals surface area contributed by atoms with Gasteiger partial charge in [0.15, 0.2) is 0 Å². The highest BCUT2D eigenvalue weighted by molar-refractivity contribution is 6.39. The van der Waals surface area contributed by atoms with Gasteiger partial charge in [-0.3, -0.25) is 29.8 Å². The third-order valence-corrected chi connectivity index (χ3v) is 4.52. The Kier molecular flexibility index (Phi) is 7.97. The highest BCUT2D eigenvalue weighted by atomic mass is 16.6. The summed E-state index contributed by atoms with van der Waals surface area (Å²) in [6, 6.07) is 17.5. The van der Waals surface area contributed by atoms with Gasteiger partial charge in [0, 0.05) is 11.8 Å². The maximum absolute atomic E-state index is 12.0. The first-order chi connectivity index (χ1) is 17.3. The van der Waals surface area contributed by atoms with Crippen molar-refractivity contribution in [2.45, 2.75) is 6.42 Å². The van der Waals surface area contributed by atoms with Gasteiger partial charge in [0.2, 0.25) is 5.75 Å². The Morgan fingerprint density at radius 1 is 1.00 bits per heavy atom. The average Bonchev–Trinajstić information content (AvgIpc) is 2.85. The molecule has 0 aliphatic carbocycles. The average molecular weight is 488 g/mol. The van der Waals surface area contributed by atoms with E-state index in [1.54, 1.807) is 36.4 Å². The fourth-order valence-corrected chi connectivity index (χ4v) is 2.83. The molecule has 3 aromatic carbocycles. The number of anilines is 1. The van der Waals surface area contributed by atoms with Crippen molar-refractivity contribution >= 4 is 35.1 Å². The second-order valence-electron chi connectivity index (χ2n) is 7.03. The number of carbonyl (C=O) groups excluding carboxylic acids is 2. The summed E-state index contributed by atoms with van der Waals surface area (Å²) >= 11 is 0. The van der Waals surface area contributed by atoms with Crippen molar-refractivity contribution < 1.29 is 24.2 Å². The summed E-state index contributed by atoms with van der Waals surface area (Å²) in [5.41, 5.74) is 2.59. The number of nitro groups is 2. The van der Waals surface area contributed by atoms with E-state index in [9.17, 15) is 29.8 Å². The van der Waals surface area contributed by atoms with E-state index in [1.165, 1.54) is 18.3 Å². The number of nitriles is 1. The van der Waals surface area contributed by atoms with Crippen LogP contribution in [0.4, 0.5) is 17.1 Å². The van der Waals surface area contributed by atoms with Gasteiger partial charge in [-0.2, -0.15) is 10.4 Å². The number of ether oxygens (including phenoxy) is 1. The Balaban J connectivity index is 1.62. The SMILES string of the molecule is N#CCc1ccc(NC(=O)C(=O)N/N=C/c2cccc(Oc3ccc([N+](=O)[O-])cc3[N+](=O)[O-])c2)cc1. The zero-order valence-corrected chi connectivity index (χ0v) is 18.3. The molecule has 2 amide bonds. The van der Waals surface area contributed by atoms with Gasteiger partial charge in [0.05, 0.1) is 34.6 Å². The maximum Gasteiger partial charge on any atom is 0.329 e. The summed E-state index contributed by atoms with van der Waals surface area (Å²) < 4.78 is 5.51. The topological polar surface area (TPSA) is 190 Å². The van der Waals surface area contributed by atoms with E-state index in [1.807, 2.05) is 6.07 Å². The van der Waals surface area contributed by atoms with Gasteiger partial charge in [0.1, 0.15) is 5.75 Å². The molecule has 0 bridgehead atoms. The normalized spacial score (nSPS) is 10.3. The third-order valence-electron chi connectivity index (χ3n) is 4.52. The van der Waals surface area contributed by atoms with Crippen LogP contribution in [0.1, 0.15) is 11.1 Å². The lowest BCUT2D eigenvalue weighted by molar-refractivity contribution is -0.394. The summed E-state index contributed by atoms with van der Waals surface area (Å²) in [6.07, 6.45) is 1.44. The number of carbonyl (C=O) groups is 2. The summed E-state index contributed by atoms with van der Waals surface area (Å²) in [5, 5.41) is 36.9. The Morgan fingerprint density at radius 2 is 1.75 bits per heavy atom. The van der Waals surface area contributed by atoms with Crippen LogP contribution in [-0.2, 0) is 16.0 Å². The lowest BCUT2D eigenvalue weighted by Gasteiger charge is -2.07. The molecule has 0 aliphatic rings. The third kappa shape index (κ3) is 6.68. The van der Waals surface area contributed by atoms with Gasteiger partial charge < -0.3 is 10.1 Å². The number of hydrazone groups is 1. The number of hydrogen-bond donors (Lipinski definition) is 2. The molecule has 2 N–H and O–H groups in total. The minimum absolute atomic E-state index is 0.166. The van der Waals surface area contributed by atoms with E-state index in [4.69, 9.17) is 10.00 Å². The van der Waals surface area contributed by atoms with Gasteiger partial charge in [-0.15, -0.1) is 0 Å². The molecule has 0 spiro atoms. The van der Waals surface area contributed by atoms with Gasteiger partial charge >= 0.3 is 17.5 Å². The van der Waals surface area contributed by atoms with E-state index in [0.29, 0.717) is 11.3 Å². The van der Waals surface area contributed by atoms with Crippen LogP contribution in [0, 0.1) is 31.6 Å². The molecule has 0 unspecified atom stereocenters. The molecule has 180 valence electrons. The fraction of sp³-hybridized carbons (Fsp3) is 0.0435. The molecule has 3 aromatic rings. The highest BCUT2D eigenvalue weighted by Gasteiger charge is 2.21. The van der Waals surface area contributed by atoms with Gasteiger partial charge in [-0.05, 0) is 41.5 Å². The van der Waals surface area contributed by atoms with E-state index in [-0.39, 0.29) is 17.9 Å². The van der Waals surface area contributed by atoms with Crippen LogP contribution >= 0.6 is 0 Å². The van der Waals surface area contributed by atoms with Crippen molar-refractivity contribution in [2.24, 2.45) is 5.10 Å². The van der Waals surface area contributed by atoms with Crippen LogP contribution in [0.25, 0.3) is 0 Å². The molecule has 36 heavy (non-hydrogen) atoms. The molecule has 0 fully saturated rings. The van der Waals surface area contributed by atoms with Crippen molar-refractivity contribution in [3.8, 4) is 17.6 Å². The van der Waals surface area contributed by atoms with Crippen molar-refractivity contribution in [3.63, 3.8) is 0 Å². The number of hydrogen-bond acceptors (Lipinski definition) is 9. The van der Waals surface area contributed by atoms with E-state index in [2.05, 4.69) is 15.8 Å². The molecule has 0 saturated carbocycles. The summed E-state index contributed by atoms with van der Waals surface area (Å²) in [4.78, 5) is 44.6. The second-order valence-corrected chi connectivity index (χ2v) is 7.03. The number of nitro benzene ring substituents is 2. The van der Waals surface area contributed by atoms with Crippen LogP contribution in [0.15, 0.2) is 71.8 Å². The molecule has 13 nitrogen and oxygen atoms in total. The number of nitrogens with one attached hydrogen (secondary N) is 2. The minimum atomic E-state index is -1.03. The van der Waals surface area contributed by atoms with Gasteiger partial charge in [-0.1, -0.05) is 24.3 Å². The second kappa shape index (κ2) is 11.5. The Morgan fingerprint density at radius 3 is 2.42 bits per heavy atom. The quantitative estimate of drug-likeness (QED) is 0.208. The van der Waals surface area contributed by atoms with Crippen molar-refractivity contribution in [1.82, 2.24) is 5.43 Å². The van der Waals surface area contributed by atoms with E-state index in [0.717, 1.165) is 23.8 Å². The molecule has 0 heterocycles. The molecule has 0 atom stereocenters. The number of amides is 2. The largest absolute Gasteiger partial charge is 0.450 e. The summed E-state index contributed by atoms with van der Waals surface area (Å²) in [6.45, 7) is 0. The number of rotatable bonds is 8. The molecular formula is C23H16N6O7. The van der Waals surface area contributed by atoms with Crippen LogP contribution in [-0.4, -0.2) is 27.9 Å². The number of nitrogens with zero attached hydrogens (tertiary/aromatic N) is 4. The van der Waals surface area contributed by atoms with Crippen molar-refractivity contribution in [1.29, 1.82) is 5.26 Å². The molecule has 0 aromatic heterocycles. The standard InChI is InChI=1S/C23H16N6O7/c24-11-10-15-4-6-17(7-5-15)26-22(30)23(31)27-25-14-16-2-1-3-19(12-16)36-21-9-8-18(28(32)33)13-20(21)29(34)35/h1-9,12-14H,10H2,(H,26,30)(H,27,31)/b25-14+. The summed E-state index contributed by atoms with van der Waals surface area (Å²) in [5.74, 6) is -2.02. The van der Waals surface area contributed by atoms with Crippen LogP contribution in [0.3, 0.4) is 0 Å². The molecule has 13 heteroatoms. The van der Waals surface area contributed by atoms with Crippen molar-refractivity contribution in [2.75, 3.05) is 5.32 Å². The lowest BCUT2D eigenvalue weighted by Crippen LogP contribution is -2.32. The molecule has 0 saturated heterocycles. The first kappa shape index (κ1) is 25.0. The molecule has 0 radical (unpaired) electrons. The number of non-ortho nitro benzene ring substituents is 1. The Bertz CT molecular complexity index is 1400. The molecule has 3 rings (SSSR count). The first-order valence-corrected chi connectivity index (χ1v) is 10.1. The van der Waals surface area contributed by atoms with Gasteiger partial charge in [-0.25, -0.2) is 5.43 Å². The molecular weight excluding hydrogens is 472 g/mol. The lowest BCUT2D eigenvalue weighted by atomic mass is 10.1. The zero-order valence-electron chi connectivity index (χ0n) is 18.3.